The van der Waals surface area contributed by atoms with Gasteiger partial charge in [-0.25, -0.2) is 9.50 Å². The number of amides is 1. The molecule has 1 atom stereocenters. The monoisotopic (exact) mass is 338 g/mol. The molecule has 0 spiro atoms. The molecule has 25 heavy (non-hydrogen) atoms. The van der Waals surface area contributed by atoms with Crippen LogP contribution in [0.1, 0.15) is 30.6 Å². The number of ether oxygens (including phenoxy) is 2. The number of hydrogen-bond acceptors (Lipinski definition) is 5. The van der Waals surface area contributed by atoms with Crippen molar-refractivity contribution in [3.63, 3.8) is 0 Å². The molecule has 1 amide bonds. The van der Waals surface area contributed by atoms with Crippen LogP contribution in [0, 0.1) is 0 Å². The molecule has 3 aromatic rings. The van der Waals surface area contributed by atoms with Crippen LogP contribution in [0.15, 0.2) is 36.7 Å². The van der Waals surface area contributed by atoms with Crippen LogP contribution in [0.4, 0.5) is 0 Å². The minimum Gasteiger partial charge on any atom is -0.454 e. The van der Waals surface area contributed by atoms with E-state index < -0.39 is 0 Å². The van der Waals surface area contributed by atoms with Gasteiger partial charge in [-0.3, -0.25) is 4.79 Å². The molecule has 1 unspecified atom stereocenters. The number of carbonyl (C=O) groups excluding carboxylic acids is 1. The minimum atomic E-state index is -0.167. The summed E-state index contributed by atoms with van der Waals surface area (Å²) in [6, 6.07) is 7.65. The van der Waals surface area contributed by atoms with E-state index in [1.54, 1.807) is 16.9 Å². The van der Waals surface area contributed by atoms with Crippen molar-refractivity contribution in [1.82, 2.24) is 19.9 Å². The second-order valence-electron chi connectivity index (χ2n) is 5.97. The molecule has 128 valence electrons. The van der Waals surface area contributed by atoms with Gasteiger partial charge in [-0.2, -0.15) is 5.10 Å². The fourth-order valence-corrected chi connectivity index (χ4v) is 2.73. The molecule has 1 aliphatic heterocycles. The third-order valence-corrected chi connectivity index (χ3v) is 4.30. The number of nitrogens with zero attached hydrogens (tertiary/aromatic N) is 3. The Morgan fingerprint density at radius 3 is 3.00 bits per heavy atom. The van der Waals surface area contributed by atoms with Crippen LogP contribution >= 0.6 is 0 Å². The normalized spacial score (nSPS) is 13.8. The van der Waals surface area contributed by atoms with Gasteiger partial charge in [0.1, 0.15) is 5.56 Å². The van der Waals surface area contributed by atoms with E-state index in [0.717, 1.165) is 23.4 Å². The molecule has 1 aliphatic rings. The second kappa shape index (κ2) is 6.08. The summed E-state index contributed by atoms with van der Waals surface area (Å²) in [6.07, 6.45) is 4.09. The number of hydrogen-bond donors (Lipinski definition) is 1. The van der Waals surface area contributed by atoms with Crippen LogP contribution in [-0.2, 0) is 0 Å². The average Bonchev–Trinajstić information content (AvgIpc) is 3.27. The highest BCUT2D eigenvalue weighted by Crippen LogP contribution is 2.35. The third kappa shape index (κ3) is 2.67. The van der Waals surface area contributed by atoms with E-state index >= 15 is 0 Å². The molecular weight excluding hydrogens is 320 g/mol. The minimum absolute atomic E-state index is 0.0968. The maximum atomic E-state index is 12.4. The van der Waals surface area contributed by atoms with Gasteiger partial charge in [0.05, 0.1) is 11.9 Å². The van der Waals surface area contributed by atoms with Gasteiger partial charge in [0, 0.05) is 17.8 Å². The van der Waals surface area contributed by atoms with E-state index in [1.165, 1.54) is 0 Å². The Morgan fingerprint density at radius 2 is 2.16 bits per heavy atom. The summed E-state index contributed by atoms with van der Waals surface area (Å²) in [7, 11) is 0. The lowest BCUT2D eigenvalue weighted by molar-refractivity contribution is 0.0940. The lowest BCUT2D eigenvalue weighted by Gasteiger charge is -2.10. The Balaban J connectivity index is 1.75. The first-order chi connectivity index (χ1) is 12.2. The second-order valence-corrected chi connectivity index (χ2v) is 5.97. The van der Waals surface area contributed by atoms with Gasteiger partial charge in [-0.1, -0.05) is 6.92 Å². The highest BCUT2D eigenvalue weighted by molar-refractivity contribution is 6.00. The van der Waals surface area contributed by atoms with Crippen molar-refractivity contribution in [3.8, 4) is 22.8 Å². The molecule has 1 aromatic carbocycles. The largest absolute Gasteiger partial charge is 0.454 e. The maximum absolute atomic E-state index is 12.4. The molecule has 0 radical (unpaired) electrons. The summed E-state index contributed by atoms with van der Waals surface area (Å²) in [5, 5.41) is 7.31. The Morgan fingerprint density at radius 1 is 1.32 bits per heavy atom. The highest BCUT2D eigenvalue weighted by Gasteiger charge is 2.19. The molecule has 7 nitrogen and oxygen atoms in total. The number of nitrogens with one attached hydrogen (secondary N) is 1. The van der Waals surface area contributed by atoms with E-state index in [-0.39, 0.29) is 18.7 Å². The van der Waals surface area contributed by atoms with Crippen LogP contribution in [-0.4, -0.2) is 33.3 Å². The topological polar surface area (TPSA) is 77.8 Å². The van der Waals surface area contributed by atoms with Crippen molar-refractivity contribution in [2.45, 2.75) is 26.3 Å². The lowest BCUT2D eigenvalue weighted by Crippen LogP contribution is -2.31. The molecule has 0 fully saturated rings. The Labute approximate surface area is 144 Å². The van der Waals surface area contributed by atoms with Crippen LogP contribution in [0.5, 0.6) is 11.5 Å². The number of rotatable bonds is 4. The van der Waals surface area contributed by atoms with Gasteiger partial charge in [-0.15, -0.1) is 0 Å². The number of fused-ring (bicyclic) bond motifs is 2. The zero-order chi connectivity index (χ0) is 17.4. The van der Waals surface area contributed by atoms with E-state index in [4.69, 9.17) is 9.47 Å². The van der Waals surface area contributed by atoms with Gasteiger partial charge in [0.25, 0.3) is 5.91 Å². The van der Waals surface area contributed by atoms with Crippen molar-refractivity contribution in [2.24, 2.45) is 0 Å². The first-order valence-electron chi connectivity index (χ1n) is 8.21. The van der Waals surface area contributed by atoms with E-state index in [1.807, 2.05) is 38.1 Å². The third-order valence-electron chi connectivity index (χ3n) is 4.30. The van der Waals surface area contributed by atoms with E-state index in [9.17, 15) is 4.79 Å². The van der Waals surface area contributed by atoms with E-state index in [2.05, 4.69) is 15.4 Å². The van der Waals surface area contributed by atoms with Gasteiger partial charge < -0.3 is 14.8 Å². The first-order valence-corrected chi connectivity index (χ1v) is 8.21. The quantitative estimate of drug-likeness (QED) is 0.791. The molecule has 1 N–H and O–H groups in total. The van der Waals surface area contributed by atoms with Crippen molar-refractivity contribution in [3.05, 3.63) is 42.2 Å². The SMILES string of the molecule is CCC(C)NC(=O)c1cnn2c(-c3ccc4c(c3)OCO4)ccnc12. The molecule has 4 rings (SSSR count). The molecule has 0 saturated carbocycles. The molecule has 3 heterocycles. The zero-order valence-electron chi connectivity index (χ0n) is 14.0. The average molecular weight is 338 g/mol. The Hall–Kier alpha value is -3.09. The molecular formula is C18H18N4O3. The zero-order valence-corrected chi connectivity index (χ0v) is 14.0. The highest BCUT2D eigenvalue weighted by atomic mass is 16.7. The van der Waals surface area contributed by atoms with Gasteiger partial charge in [0.2, 0.25) is 6.79 Å². The standard InChI is InChI=1S/C18H18N4O3/c1-3-11(2)21-18(23)13-9-20-22-14(6-7-19-17(13)22)12-4-5-15-16(8-12)25-10-24-15/h4-9,11H,3,10H2,1-2H3,(H,21,23). The summed E-state index contributed by atoms with van der Waals surface area (Å²) in [6.45, 7) is 4.22. The van der Waals surface area contributed by atoms with E-state index in [0.29, 0.717) is 17.0 Å². The van der Waals surface area contributed by atoms with Crippen molar-refractivity contribution in [2.75, 3.05) is 6.79 Å². The van der Waals surface area contributed by atoms with Crippen molar-refractivity contribution in [1.29, 1.82) is 0 Å². The van der Waals surface area contributed by atoms with Crippen LogP contribution in [0.25, 0.3) is 16.9 Å². The number of benzene rings is 1. The predicted molar refractivity (Wildman–Crippen MR) is 91.8 cm³/mol. The lowest BCUT2D eigenvalue weighted by atomic mass is 10.1. The smallest absolute Gasteiger partial charge is 0.256 e. The van der Waals surface area contributed by atoms with Crippen LogP contribution in [0.2, 0.25) is 0 Å². The summed E-state index contributed by atoms with van der Waals surface area (Å²) in [4.78, 5) is 16.8. The van der Waals surface area contributed by atoms with Gasteiger partial charge in [-0.05, 0) is 37.6 Å². The predicted octanol–water partition coefficient (Wildman–Crippen LogP) is 2.65. The summed E-state index contributed by atoms with van der Waals surface area (Å²) < 4.78 is 12.5. The van der Waals surface area contributed by atoms with Crippen LogP contribution < -0.4 is 14.8 Å². The molecule has 2 aromatic heterocycles. The van der Waals surface area contributed by atoms with Gasteiger partial charge in [0.15, 0.2) is 17.1 Å². The molecule has 0 saturated heterocycles. The van der Waals surface area contributed by atoms with Gasteiger partial charge >= 0.3 is 0 Å². The van der Waals surface area contributed by atoms with Crippen LogP contribution in [0.3, 0.4) is 0 Å². The summed E-state index contributed by atoms with van der Waals surface area (Å²) in [5.41, 5.74) is 2.72. The van der Waals surface area contributed by atoms with Crippen molar-refractivity contribution < 1.29 is 14.3 Å². The Bertz CT molecular complexity index is 951. The molecule has 0 bridgehead atoms. The summed E-state index contributed by atoms with van der Waals surface area (Å²) in [5.74, 6) is 1.26. The fraction of sp³-hybridized carbons (Fsp3) is 0.278. The summed E-state index contributed by atoms with van der Waals surface area (Å²) >= 11 is 0. The number of carbonyl (C=O) groups is 1. The molecule has 0 aliphatic carbocycles. The number of aromatic nitrogens is 3. The molecule has 7 heteroatoms. The Kier molecular flexibility index (Phi) is 3.76. The van der Waals surface area contributed by atoms with Crippen molar-refractivity contribution >= 4 is 11.6 Å². The first kappa shape index (κ1) is 15.4. The fourth-order valence-electron chi connectivity index (χ4n) is 2.73. The maximum Gasteiger partial charge on any atom is 0.256 e.